The lowest BCUT2D eigenvalue weighted by Crippen LogP contribution is -1.70. The van der Waals surface area contributed by atoms with E-state index in [1.165, 1.54) is 0 Å². The van der Waals surface area contributed by atoms with Gasteiger partial charge in [0.1, 0.15) is 5.82 Å². The van der Waals surface area contributed by atoms with Crippen LogP contribution in [-0.2, 0) is 0 Å². The highest BCUT2D eigenvalue weighted by Crippen LogP contribution is 1.89. The molecule has 1 aromatic heterocycles. The molecule has 0 aliphatic carbocycles. The quantitative estimate of drug-likeness (QED) is 0.514. The van der Waals surface area contributed by atoms with Gasteiger partial charge in [-0.25, -0.2) is 4.98 Å². The van der Waals surface area contributed by atoms with Crippen LogP contribution >= 0.6 is 0 Å². The molecule has 1 N–H and O–H groups in total. The van der Waals surface area contributed by atoms with Crippen LogP contribution < -0.4 is 0 Å². The van der Waals surface area contributed by atoms with Gasteiger partial charge < -0.3 is 4.98 Å². The standard InChI is InChI=1S/C5H8N2/c1-4-3-6-5(2)7-4/h3H,1-2H3,(H,6,7)/i1D. The molecule has 0 radical (unpaired) electrons. The van der Waals surface area contributed by atoms with Crippen molar-refractivity contribution in [2.75, 3.05) is 0 Å². The molecule has 1 heterocycles. The second kappa shape index (κ2) is 1.37. The molecular formula is C5H8N2. The van der Waals surface area contributed by atoms with E-state index in [9.17, 15) is 0 Å². The molecule has 2 nitrogen and oxygen atoms in total. The Balaban J connectivity index is 2.84. The molecule has 1 aromatic rings. The van der Waals surface area contributed by atoms with E-state index < -0.39 is 0 Å². The minimum atomic E-state index is 0.292. The maximum absolute atomic E-state index is 6.89. The van der Waals surface area contributed by atoms with Crippen molar-refractivity contribution >= 4 is 0 Å². The summed E-state index contributed by atoms with van der Waals surface area (Å²) in [4.78, 5) is 6.84. The van der Waals surface area contributed by atoms with Crippen LogP contribution in [0.3, 0.4) is 0 Å². The first-order valence-electron chi connectivity index (χ1n) is 2.83. The van der Waals surface area contributed by atoms with Crippen LogP contribution in [0.4, 0.5) is 0 Å². The largest absolute Gasteiger partial charge is 0.346 e. The third-order valence-electron chi connectivity index (χ3n) is 0.755. The average Bonchev–Trinajstić information content (AvgIpc) is 2.14. The predicted molar refractivity (Wildman–Crippen MR) is 28.1 cm³/mol. The van der Waals surface area contributed by atoms with Gasteiger partial charge >= 0.3 is 0 Å². The van der Waals surface area contributed by atoms with Crippen molar-refractivity contribution in [3.63, 3.8) is 0 Å². The summed E-state index contributed by atoms with van der Waals surface area (Å²) in [6, 6.07) is 0. The van der Waals surface area contributed by atoms with Crippen LogP contribution in [0.1, 0.15) is 12.9 Å². The van der Waals surface area contributed by atoms with Gasteiger partial charge in [0.15, 0.2) is 0 Å². The number of imidazole rings is 1. The monoisotopic (exact) mass is 97.1 g/mol. The molecule has 0 saturated heterocycles. The zero-order valence-corrected chi connectivity index (χ0v) is 4.23. The fraction of sp³-hybridized carbons (Fsp3) is 0.400. The number of hydrogen-bond donors (Lipinski definition) is 1. The minimum absolute atomic E-state index is 0.292. The number of rotatable bonds is 0. The molecule has 0 aromatic carbocycles. The summed E-state index contributed by atoms with van der Waals surface area (Å²) in [5.41, 5.74) is 0.877. The SMILES string of the molecule is [2H]Cc1cnc(C)[nH]1. The molecule has 38 valence electrons. The molecule has 0 unspecified atom stereocenters. The van der Waals surface area contributed by atoms with Crippen molar-refractivity contribution in [3.05, 3.63) is 17.7 Å². The Morgan fingerprint density at radius 1 is 2.00 bits per heavy atom. The summed E-state index contributed by atoms with van der Waals surface area (Å²) in [7, 11) is 0. The lowest BCUT2D eigenvalue weighted by molar-refractivity contribution is 1.13. The van der Waals surface area contributed by atoms with Gasteiger partial charge in [-0.1, -0.05) is 0 Å². The number of nitrogens with one attached hydrogen (secondary N) is 1. The third-order valence-corrected chi connectivity index (χ3v) is 0.755. The van der Waals surface area contributed by atoms with Gasteiger partial charge in [0.25, 0.3) is 0 Å². The lowest BCUT2D eigenvalue weighted by Gasteiger charge is -1.74. The number of aromatic nitrogens is 2. The highest BCUT2D eigenvalue weighted by molar-refractivity contribution is 4.95. The molecule has 0 amide bonds. The molecule has 1 rings (SSSR count). The second-order valence-corrected chi connectivity index (χ2v) is 1.49. The third kappa shape index (κ3) is 0.796. The fourth-order valence-electron chi connectivity index (χ4n) is 0.472. The highest BCUT2D eigenvalue weighted by Gasteiger charge is 1.83. The maximum atomic E-state index is 6.89. The van der Waals surface area contributed by atoms with Crippen molar-refractivity contribution in [2.45, 2.75) is 13.8 Å². The first kappa shape index (κ1) is 3.24. The topological polar surface area (TPSA) is 28.7 Å². The van der Waals surface area contributed by atoms with Gasteiger partial charge in [0.2, 0.25) is 0 Å². The first-order chi connectivity index (χ1) is 3.83. The van der Waals surface area contributed by atoms with E-state index in [0.717, 1.165) is 11.5 Å². The van der Waals surface area contributed by atoms with E-state index in [4.69, 9.17) is 1.37 Å². The van der Waals surface area contributed by atoms with Gasteiger partial charge in [0, 0.05) is 13.3 Å². The van der Waals surface area contributed by atoms with Crippen LogP contribution in [0.2, 0.25) is 0 Å². The number of H-pyrrole nitrogens is 1. The number of hydrogen-bond acceptors (Lipinski definition) is 1. The van der Waals surface area contributed by atoms with Crippen molar-refractivity contribution in [3.8, 4) is 0 Å². The molecule has 0 atom stereocenters. The Morgan fingerprint density at radius 3 is 3.14 bits per heavy atom. The van der Waals surface area contributed by atoms with Crippen LogP contribution in [0, 0.1) is 13.8 Å². The summed E-state index contributed by atoms with van der Waals surface area (Å²) >= 11 is 0. The van der Waals surface area contributed by atoms with Crippen LogP contribution in [0.5, 0.6) is 0 Å². The van der Waals surface area contributed by atoms with E-state index >= 15 is 0 Å². The highest BCUT2D eigenvalue weighted by atomic mass is 14.9. The Morgan fingerprint density at radius 2 is 2.86 bits per heavy atom. The fourth-order valence-corrected chi connectivity index (χ4v) is 0.472. The Kier molecular flexibility index (Phi) is 0.635. The number of nitrogens with zero attached hydrogens (tertiary/aromatic N) is 1. The zero-order chi connectivity index (χ0) is 5.98. The molecule has 7 heavy (non-hydrogen) atoms. The van der Waals surface area contributed by atoms with Crippen molar-refractivity contribution in [1.82, 2.24) is 9.97 Å². The molecular weight excluding hydrogens is 88.1 g/mol. The molecule has 0 aliphatic rings. The van der Waals surface area contributed by atoms with Gasteiger partial charge in [-0.05, 0) is 13.8 Å². The lowest BCUT2D eigenvalue weighted by atomic mass is 10.6. The molecule has 0 bridgehead atoms. The Hall–Kier alpha value is -0.790. The predicted octanol–water partition coefficient (Wildman–Crippen LogP) is 1.03. The molecule has 0 fully saturated rings. The summed E-state index contributed by atoms with van der Waals surface area (Å²) in [6.45, 7) is 2.17. The second-order valence-electron chi connectivity index (χ2n) is 1.49. The van der Waals surface area contributed by atoms with Gasteiger partial charge in [-0.15, -0.1) is 0 Å². The zero-order valence-electron chi connectivity index (χ0n) is 5.23. The summed E-state index contributed by atoms with van der Waals surface area (Å²) in [5, 5.41) is 0. The van der Waals surface area contributed by atoms with Gasteiger partial charge in [0.05, 0.1) is 0 Å². The van der Waals surface area contributed by atoms with Gasteiger partial charge in [-0.2, -0.15) is 0 Å². The molecule has 0 aliphatic heterocycles. The van der Waals surface area contributed by atoms with E-state index in [0.29, 0.717) is 6.90 Å². The minimum Gasteiger partial charge on any atom is -0.346 e. The molecule has 0 spiro atoms. The van der Waals surface area contributed by atoms with Gasteiger partial charge in [-0.3, -0.25) is 0 Å². The smallest absolute Gasteiger partial charge is 0.103 e. The number of aryl methyl sites for hydroxylation is 2. The summed E-state index contributed by atoms with van der Waals surface area (Å²) < 4.78 is 6.89. The van der Waals surface area contributed by atoms with Crippen molar-refractivity contribution in [1.29, 1.82) is 0 Å². The summed E-state index contributed by atoms with van der Waals surface area (Å²) in [6.07, 6.45) is 1.68. The van der Waals surface area contributed by atoms with E-state index in [1.807, 2.05) is 6.92 Å². The van der Waals surface area contributed by atoms with Crippen LogP contribution in [0.15, 0.2) is 6.20 Å². The molecule has 0 saturated carbocycles. The molecule has 2 heteroatoms. The van der Waals surface area contributed by atoms with Crippen LogP contribution in [-0.4, -0.2) is 9.97 Å². The maximum Gasteiger partial charge on any atom is 0.103 e. The Labute approximate surface area is 44.0 Å². The average molecular weight is 97.1 g/mol. The van der Waals surface area contributed by atoms with Crippen molar-refractivity contribution in [2.24, 2.45) is 0 Å². The number of aromatic amines is 1. The normalized spacial score (nSPS) is 11.3. The summed E-state index contributed by atoms with van der Waals surface area (Å²) in [5.74, 6) is 0.882. The van der Waals surface area contributed by atoms with Crippen molar-refractivity contribution < 1.29 is 1.37 Å². The van der Waals surface area contributed by atoms with E-state index in [1.54, 1.807) is 6.20 Å². The van der Waals surface area contributed by atoms with E-state index in [2.05, 4.69) is 9.97 Å². The van der Waals surface area contributed by atoms with E-state index in [-0.39, 0.29) is 0 Å². The first-order valence-corrected chi connectivity index (χ1v) is 2.12. The van der Waals surface area contributed by atoms with Crippen LogP contribution in [0.25, 0.3) is 0 Å². The Bertz CT molecular complexity index is 171.